The van der Waals surface area contributed by atoms with Gasteiger partial charge in [-0.25, -0.2) is 8.42 Å². The van der Waals surface area contributed by atoms with Crippen LogP contribution in [0.15, 0.2) is 36.4 Å². The normalized spacial score (nSPS) is 28.4. The molecule has 0 bridgehead atoms. The molecule has 0 aromatic heterocycles. The number of rotatable bonds is 5. The van der Waals surface area contributed by atoms with Crippen LogP contribution < -0.4 is 10.6 Å². The molecule has 1 aromatic carbocycles. The maximum absolute atomic E-state index is 12.9. The fraction of sp³-hybridized carbons (Fsp3) is 0.500. The zero-order valence-corrected chi connectivity index (χ0v) is 16.1. The summed E-state index contributed by atoms with van der Waals surface area (Å²) in [5.41, 5.74) is 1.13. The number of nitrogens with zero attached hydrogens (tertiary/aromatic N) is 2. The van der Waals surface area contributed by atoms with E-state index in [9.17, 15) is 18.3 Å². The van der Waals surface area contributed by atoms with Crippen LogP contribution in [-0.4, -0.2) is 79.0 Å². The lowest BCUT2D eigenvalue weighted by atomic mass is 10.2. The lowest BCUT2D eigenvalue weighted by Crippen LogP contribution is -2.67. The molecule has 2 aliphatic rings. The molecule has 3 unspecified atom stereocenters. The third-order valence-electron chi connectivity index (χ3n) is 4.90. The fourth-order valence-electron chi connectivity index (χ4n) is 3.44. The Kier molecular flexibility index (Phi) is 6.28. The maximum Gasteiger partial charge on any atom is 0.244 e. The highest BCUT2D eigenvalue weighted by Gasteiger charge is 2.45. The second-order valence-electron chi connectivity index (χ2n) is 6.84. The van der Waals surface area contributed by atoms with Crippen molar-refractivity contribution in [3.05, 3.63) is 42.0 Å². The van der Waals surface area contributed by atoms with Crippen molar-refractivity contribution in [3.8, 4) is 0 Å². The van der Waals surface area contributed by atoms with Gasteiger partial charge in [0.2, 0.25) is 15.9 Å². The molecular formula is C18H26N4O4S. The van der Waals surface area contributed by atoms with Gasteiger partial charge in [-0.15, -0.1) is 0 Å². The number of piperazine rings is 1. The summed E-state index contributed by atoms with van der Waals surface area (Å²) in [6, 6.07) is 9.34. The molecule has 2 fully saturated rings. The SMILES string of the molecule is CC1NC(O)NC(=O)C1S(=O)(=O)N1CCN(C/C=C/c2ccccc2)CC1. The van der Waals surface area contributed by atoms with Crippen LogP contribution >= 0.6 is 0 Å². The number of aliphatic hydroxyl groups excluding tert-OH is 1. The Labute approximate surface area is 159 Å². The Hall–Kier alpha value is -1.78. The molecule has 27 heavy (non-hydrogen) atoms. The van der Waals surface area contributed by atoms with Gasteiger partial charge in [-0.3, -0.25) is 15.0 Å². The lowest BCUT2D eigenvalue weighted by molar-refractivity contribution is -0.128. The number of carbonyl (C=O) groups excluding carboxylic acids is 1. The van der Waals surface area contributed by atoms with Crippen LogP contribution in [0.4, 0.5) is 0 Å². The Balaban J connectivity index is 1.55. The van der Waals surface area contributed by atoms with Gasteiger partial charge in [-0.1, -0.05) is 42.5 Å². The molecule has 3 rings (SSSR count). The summed E-state index contributed by atoms with van der Waals surface area (Å²) in [6.07, 6.45) is 2.91. The van der Waals surface area contributed by atoms with Crippen LogP contribution in [0.3, 0.4) is 0 Å². The van der Waals surface area contributed by atoms with Crippen molar-refractivity contribution < 1.29 is 18.3 Å². The summed E-state index contributed by atoms with van der Waals surface area (Å²) >= 11 is 0. The van der Waals surface area contributed by atoms with Crippen LogP contribution in [0.25, 0.3) is 6.08 Å². The summed E-state index contributed by atoms with van der Waals surface area (Å²) in [5.74, 6) is -0.665. The number of amides is 1. The fourth-order valence-corrected chi connectivity index (χ4v) is 5.37. The number of hydrogen-bond donors (Lipinski definition) is 3. The van der Waals surface area contributed by atoms with Gasteiger partial charge < -0.3 is 10.4 Å². The molecule has 3 N–H and O–H groups in total. The van der Waals surface area contributed by atoms with Gasteiger partial charge in [0.15, 0.2) is 11.6 Å². The van der Waals surface area contributed by atoms with Crippen molar-refractivity contribution in [2.45, 2.75) is 24.6 Å². The average Bonchev–Trinajstić information content (AvgIpc) is 2.62. The highest BCUT2D eigenvalue weighted by molar-refractivity contribution is 7.90. The number of benzene rings is 1. The molecule has 3 atom stereocenters. The molecule has 1 aromatic rings. The van der Waals surface area contributed by atoms with E-state index in [2.05, 4.69) is 21.6 Å². The summed E-state index contributed by atoms with van der Waals surface area (Å²) in [5, 5.41) is 13.1. The zero-order valence-electron chi connectivity index (χ0n) is 15.3. The first-order chi connectivity index (χ1) is 12.9. The Bertz CT molecular complexity index is 776. The second-order valence-corrected chi connectivity index (χ2v) is 8.90. The monoisotopic (exact) mass is 394 g/mol. The van der Waals surface area contributed by atoms with E-state index in [1.54, 1.807) is 6.92 Å². The Morgan fingerprint density at radius 2 is 1.85 bits per heavy atom. The molecule has 1 amide bonds. The van der Waals surface area contributed by atoms with Gasteiger partial charge in [-0.05, 0) is 12.5 Å². The van der Waals surface area contributed by atoms with Crippen molar-refractivity contribution in [1.29, 1.82) is 0 Å². The standard InChI is InChI=1S/C18H26N4O4S/c1-14-16(17(23)20-18(24)19-14)27(25,26)22-12-10-21(11-13-22)9-5-8-15-6-3-2-4-7-15/h2-8,14,16,18-19,24H,9-13H2,1H3,(H,20,23)/b8-5+. The van der Waals surface area contributed by atoms with E-state index in [0.717, 1.165) is 12.1 Å². The van der Waals surface area contributed by atoms with E-state index in [-0.39, 0.29) is 0 Å². The van der Waals surface area contributed by atoms with E-state index in [0.29, 0.717) is 26.2 Å². The van der Waals surface area contributed by atoms with Crippen LogP contribution in [0.2, 0.25) is 0 Å². The Morgan fingerprint density at radius 1 is 1.19 bits per heavy atom. The quantitative estimate of drug-likeness (QED) is 0.617. The molecule has 2 aliphatic heterocycles. The predicted molar refractivity (Wildman–Crippen MR) is 103 cm³/mol. The summed E-state index contributed by atoms with van der Waals surface area (Å²) in [4.78, 5) is 14.3. The maximum atomic E-state index is 12.9. The number of sulfonamides is 1. The molecule has 9 heteroatoms. The molecular weight excluding hydrogens is 368 g/mol. The van der Waals surface area contributed by atoms with E-state index in [4.69, 9.17) is 0 Å². The van der Waals surface area contributed by atoms with Crippen LogP contribution in [0.5, 0.6) is 0 Å². The van der Waals surface area contributed by atoms with Gasteiger partial charge in [0.25, 0.3) is 0 Å². The summed E-state index contributed by atoms with van der Waals surface area (Å²) < 4.78 is 27.1. The smallest absolute Gasteiger partial charge is 0.244 e. The third-order valence-corrected chi connectivity index (χ3v) is 7.25. The predicted octanol–water partition coefficient (Wildman–Crippen LogP) is -0.600. The lowest BCUT2D eigenvalue weighted by Gasteiger charge is -2.38. The first kappa shape index (κ1) is 20.0. The molecule has 2 saturated heterocycles. The van der Waals surface area contributed by atoms with Gasteiger partial charge in [0.1, 0.15) is 0 Å². The number of carbonyl (C=O) groups is 1. The topological polar surface area (TPSA) is 102 Å². The van der Waals surface area contributed by atoms with Crippen molar-refractivity contribution in [2.24, 2.45) is 0 Å². The number of aliphatic hydroxyl groups is 1. The molecule has 2 heterocycles. The van der Waals surface area contributed by atoms with E-state index in [1.807, 2.05) is 36.4 Å². The summed E-state index contributed by atoms with van der Waals surface area (Å²) in [7, 11) is -3.79. The number of hydrogen-bond acceptors (Lipinski definition) is 6. The molecule has 0 aliphatic carbocycles. The van der Waals surface area contributed by atoms with E-state index >= 15 is 0 Å². The molecule has 0 saturated carbocycles. The largest absolute Gasteiger partial charge is 0.361 e. The molecule has 148 valence electrons. The van der Waals surface area contributed by atoms with Crippen LogP contribution in [-0.2, 0) is 14.8 Å². The minimum atomic E-state index is -3.79. The zero-order chi connectivity index (χ0) is 19.4. The second kappa shape index (κ2) is 8.49. The van der Waals surface area contributed by atoms with Crippen molar-refractivity contribution >= 4 is 22.0 Å². The summed E-state index contributed by atoms with van der Waals surface area (Å²) in [6.45, 7) is 4.25. The van der Waals surface area contributed by atoms with Gasteiger partial charge in [-0.2, -0.15) is 4.31 Å². The minimum absolute atomic E-state index is 0.348. The highest BCUT2D eigenvalue weighted by Crippen LogP contribution is 2.18. The van der Waals surface area contributed by atoms with Crippen LogP contribution in [0.1, 0.15) is 12.5 Å². The molecule has 8 nitrogen and oxygen atoms in total. The van der Waals surface area contributed by atoms with E-state index in [1.165, 1.54) is 4.31 Å². The molecule has 0 radical (unpaired) electrons. The van der Waals surface area contributed by atoms with Crippen molar-refractivity contribution in [2.75, 3.05) is 32.7 Å². The molecule has 0 spiro atoms. The minimum Gasteiger partial charge on any atom is -0.361 e. The van der Waals surface area contributed by atoms with Crippen molar-refractivity contribution in [3.63, 3.8) is 0 Å². The first-order valence-corrected chi connectivity index (χ1v) is 10.6. The van der Waals surface area contributed by atoms with Gasteiger partial charge in [0.05, 0.1) is 0 Å². The van der Waals surface area contributed by atoms with Gasteiger partial charge in [0, 0.05) is 38.8 Å². The van der Waals surface area contributed by atoms with Crippen LogP contribution in [0, 0.1) is 0 Å². The average molecular weight is 394 g/mol. The third kappa shape index (κ3) is 4.74. The highest BCUT2D eigenvalue weighted by atomic mass is 32.2. The van der Waals surface area contributed by atoms with E-state index < -0.39 is 33.6 Å². The Morgan fingerprint density at radius 3 is 2.48 bits per heavy atom. The van der Waals surface area contributed by atoms with Gasteiger partial charge >= 0.3 is 0 Å². The first-order valence-electron chi connectivity index (χ1n) is 9.05. The number of nitrogens with one attached hydrogen (secondary N) is 2. The van der Waals surface area contributed by atoms with Crippen molar-refractivity contribution in [1.82, 2.24) is 19.8 Å².